The second kappa shape index (κ2) is 5.23. The minimum absolute atomic E-state index is 0.252. The summed E-state index contributed by atoms with van der Waals surface area (Å²) in [5, 5.41) is 8.28. The summed E-state index contributed by atoms with van der Waals surface area (Å²) in [5.41, 5.74) is -3.02. The lowest BCUT2D eigenvalue weighted by Crippen LogP contribution is -2.22. The molecule has 0 bridgehead atoms. The van der Waals surface area contributed by atoms with Crippen molar-refractivity contribution in [1.29, 1.82) is 0 Å². The highest BCUT2D eigenvalue weighted by Gasteiger charge is 2.32. The van der Waals surface area contributed by atoms with E-state index in [0.717, 1.165) is 10.8 Å². The van der Waals surface area contributed by atoms with E-state index in [1.165, 1.54) is 29.1 Å². The molecule has 0 radical (unpaired) electrons. The smallest absolute Gasteiger partial charge is 0.341 e. The van der Waals surface area contributed by atoms with Crippen LogP contribution in [0.2, 0.25) is 0 Å². The molecule has 1 aliphatic rings. The Kier molecular flexibility index (Phi) is 3.24. The molecule has 0 aliphatic heterocycles. The number of carboxylic acids is 1. The highest BCUT2D eigenvalue weighted by atomic mass is 19.2. The maximum Gasteiger partial charge on any atom is 0.341 e. The van der Waals surface area contributed by atoms with Crippen molar-refractivity contribution in [1.82, 2.24) is 9.13 Å². The molecule has 128 valence electrons. The number of aromatic nitrogens is 2. The Morgan fingerprint density at radius 2 is 1.72 bits per heavy atom. The first kappa shape index (κ1) is 15.5. The van der Waals surface area contributed by atoms with E-state index in [0.29, 0.717) is 12.8 Å². The van der Waals surface area contributed by atoms with Gasteiger partial charge in [-0.15, -0.1) is 0 Å². The van der Waals surface area contributed by atoms with Crippen LogP contribution < -0.4 is 5.43 Å². The fourth-order valence-electron chi connectivity index (χ4n) is 2.99. The Bertz CT molecular complexity index is 1080. The summed E-state index contributed by atoms with van der Waals surface area (Å²) in [4.78, 5) is 23.6. The summed E-state index contributed by atoms with van der Waals surface area (Å²) in [6.45, 7) is 0. The van der Waals surface area contributed by atoms with Crippen molar-refractivity contribution < 1.29 is 23.1 Å². The standard InChI is InChI=1S/C17H11F3N2O3/c18-11-10-14(13(20)15(12(11)19)21-5-1-2-6-21)22(8-3-4-8)7-9(16(10)23)17(24)25/h1-2,5-8H,3-4H2,(H,24,25). The van der Waals surface area contributed by atoms with E-state index in [2.05, 4.69) is 0 Å². The van der Waals surface area contributed by atoms with Gasteiger partial charge in [-0.2, -0.15) is 0 Å². The van der Waals surface area contributed by atoms with Gasteiger partial charge in [-0.05, 0) is 25.0 Å². The van der Waals surface area contributed by atoms with E-state index in [1.54, 1.807) is 0 Å². The maximum absolute atomic E-state index is 15.1. The third-order valence-electron chi connectivity index (χ3n) is 4.30. The van der Waals surface area contributed by atoms with Gasteiger partial charge in [0.25, 0.3) is 0 Å². The number of carbonyl (C=O) groups is 1. The van der Waals surface area contributed by atoms with Crippen molar-refractivity contribution in [2.75, 3.05) is 0 Å². The van der Waals surface area contributed by atoms with Crippen molar-refractivity contribution in [2.24, 2.45) is 0 Å². The molecule has 1 N–H and O–H groups in total. The van der Waals surface area contributed by atoms with Gasteiger partial charge in [0.1, 0.15) is 11.3 Å². The number of rotatable bonds is 3. The van der Waals surface area contributed by atoms with Crippen LogP contribution >= 0.6 is 0 Å². The second-order valence-electron chi connectivity index (χ2n) is 5.92. The number of carboxylic acid groups (broad SMARTS) is 1. The van der Waals surface area contributed by atoms with Crippen molar-refractivity contribution >= 4 is 16.9 Å². The number of benzene rings is 1. The van der Waals surface area contributed by atoms with Gasteiger partial charge in [-0.25, -0.2) is 18.0 Å². The van der Waals surface area contributed by atoms with Crippen LogP contribution in [-0.2, 0) is 0 Å². The molecular weight excluding hydrogens is 337 g/mol. The third kappa shape index (κ3) is 2.17. The molecule has 0 atom stereocenters. The zero-order valence-electron chi connectivity index (χ0n) is 12.7. The average molecular weight is 348 g/mol. The SMILES string of the molecule is O=C(O)c1cn(C2CC2)c2c(F)c(-n3cccc3)c(F)c(F)c2c1=O. The molecule has 2 aromatic heterocycles. The Balaban J connectivity index is 2.22. The summed E-state index contributed by atoms with van der Waals surface area (Å²) in [6.07, 6.45) is 4.96. The van der Waals surface area contributed by atoms with E-state index in [4.69, 9.17) is 5.11 Å². The predicted octanol–water partition coefficient (Wildman–Crippen LogP) is 3.24. The summed E-state index contributed by atoms with van der Waals surface area (Å²) >= 11 is 0. The van der Waals surface area contributed by atoms with Gasteiger partial charge in [0.2, 0.25) is 5.43 Å². The highest BCUT2D eigenvalue weighted by Crippen LogP contribution is 2.39. The predicted molar refractivity (Wildman–Crippen MR) is 82.6 cm³/mol. The Hall–Kier alpha value is -3.03. The first-order valence-corrected chi connectivity index (χ1v) is 7.53. The number of nitrogens with zero attached hydrogens (tertiary/aromatic N) is 2. The zero-order chi connectivity index (χ0) is 17.9. The van der Waals surface area contributed by atoms with Gasteiger partial charge in [-0.1, -0.05) is 0 Å². The largest absolute Gasteiger partial charge is 0.477 e. The van der Waals surface area contributed by atoms with E-state index in [-0.39, 0.29) is 6.04 Å². The van der Waals surface area contributed by atoms with Crippen LogP contribution in [0.1, 0.15) is 29.2 Å². The lowest BCUT2D eigenvalue weighted by Gasteiger charge is -2.16. The lowest BCUT2D eigenvalue weighted by atomic mass is 10.1. The molecule has 0 amide bonds. The Labute approximate surface area is 138 Å². The lowest BCUT2D eigenvalue weighted by molar-refractivity contribution is 0.0695. The van der Waals surface area contributed by atoms with Gasteiger partial charge in [0.05, 0.1) is 10.9 Å². The summed E-state index contributed by atoms with van der Waals surface area (Å²) in [6, 6.07) is 2.78. The molecular formula is C17H11F3N2O3. The van der Waals surface area contributed by atoms with E-state index < -0.39 is 51.0 Å². The van der Waals surface area contributed by atoms with E-state index in [1.807, 2.05) is 0 Å². The number of aromatic carboxylic acids is 1. The first-order chi connectivity index (χ1) is 11.9. The van der Waals surface area contributed by atoms with Crippen molar-refractivity contribution in [3.8, 4) is 5.69 Å². The zero-order valence-corrected chi connectivity index (χ0v) is 12.7. The van der Waals surface area contributed by atoms with Crippen molar-refractivity contribution in [3.05, 3.63) is 64.0 Å². The minimum atomic E-state index is -1.57. The van der Waals surface area contributed by atoms with Crippen LogP contribution in [0, 0.1) is 17.5 Å². The minimum Gasteiger partial charge on any atom is -0.477 e. The van der Waals surface area contributed by atoms with Crippen LogP contribution in [0.5, 0.6) is 0 Å². The van der Waals surface area contributed by atoms with Gasteiger partial charge >= 0.3 is 5.97 Å². The number of halogens is 3. The van der Waals surface area contributed by atoms with Crippen molar-refractivity contribution in [2.45, 2.75) is 18.9 Å². The highest BCUT2D eigenvalue weighted by molar-refractivity contribution is 5.93. The van der Waals surface area contributed by atoms with Gasteiger partial charge in [0, 0.05) is 24.6 Å². The third-order valence-corrected chi connectivity index (χ3v) is 4.30. The summed E-state index contributed by atoms with van der Waals surface area (Å²) in [7, 11) is 0. The molecule has 1 aromatic carbocycles. The van der Waals surface area contributed by atoms with Crippen LogP contribution in [0.4, 0.5) is 13.2 Å². The van der Waals surface area contributed by atoms with Gasteiger partial charge in [0.15, 0.2) is 17.5 Å². The van der Waals surface area contributed by atoms with Gasteiger partial charge < -0.3 is 14.2 Å². The fourth-order valence-corrected chi connectivity index (χ4v) is 2.99. The maximum atomic E-state index is 15.1. The Morgan fingerprint density at radius 1 is 1.08 bits per heavy atom. The second-order valence-corrected chi connectivity index (χ2v) is 5.92. The van der Waals surface area contributed by atoms with Crippen LogP contribution in [0.15, 0.2) is 35.5 Å². The first-order valence-electron chi connectivity index (χ1n) is 7.53. The van der Waals surface area contributed by atoms with Crippen molar-refractivity contribution in [3.63, 3.8) is 0 Å². The van der Waals surface area contributed by atoms with Crippen LogP contribution in [0.25, 0.3) is 16.6 Å². The summed E-state index contributed by atoms with van der Waals surface area (Å²) in [5.74, 6) is -5.77. The molecule has 0 unspecified atom stereocenters. The summed E-state index contributed by atoms with van der Waals surface area (Å²) < 4.78 is 46.5. The molecule has 0 saturated heterocycles. The topological polar surface area (TPSA) is 64.2 Å². The van der Waals surface area contributed by atoms with E-state index in [9.17, 15) is 18.4 Å². The number of fused-ring (bicyclic) bond motifs is 1. The molecule has 25 heavy (non-hydrogen) atoms. The quantitative estimate of drug-likeness (QED) is 0.739. The molecule has 8 heteroatoms. The van der Waals surface area contributed by atoms with E-state index >= 15 is 4.39 Å². The van der Waals surface area contributed by atoms with Crippen LogP contribution in [-0.4, -0.2) is 20.2 Å². The molecule has 0 spiro atoms. The Morgan fingerprint density at radius 3 is 2.28 bits per heavy atom. The molecule has 1 fully saturated rings. The number of hydrogen-bond donors (Lipinski definition) is 1. The molecule has 5 nitrogen and oxygen atoms in total. The molecule has 1 aliphatic carbocycles. The fraction of sp³-hybridized carbons (Fsp3) is 0.176. The average Bonchev–Trinajstić information content (AvgIpc) is 3.28. The monoisotopic (exact) mass is 348 g/mol. The molecule has 2 heterocycles. The molecule has 3 aromatic rings. The molecule has 1 saturated carbocycles. The van der Waals surface area contributed by atoms with Crippen LogP contribution in [0.3, 0.4) is 0 Å². The van der Waals surface area contributed by atoms with Gasteiger partial charge in [-0.3, -0.25) is 4.79 Å². The molecule has 4 rings (SSSR count). The number of pyridine rings is 1. The normalized spacial score (nSPS) is 14.2. The number of hydrogen-bond acceptors (Lipinski definition) is 2.